The summed E-state index contributed by atoms with van der Waals surface area (Å²) in [5.41, 5.74) is 2.57. The highest BCUT2D eigenvalue weighted by Gasteiger charge is 2.04. The molecule has 0 saturated carbocycles. The molecular weight excluding hydrogens is 162 g/mol. The molecule has 0 aliphatic rings. The molecule has 0 fully saturated rings. The van der Waals surface area contributed by atoms with E-state index in [1.165, 1.54) is 0 Å². The molecule has 0 radical (unpaired) electrons. The predicted octanol–water partition coefficient (Wildman–Crippen LogP) is 1.92. The van der Waals surface area contributed by atoms with Crippen LogP contribution in [-0.4, -0.2) is 15.4 Å². The molecule has 0 aliphatic carbocycles. The largest absolute Gasteiger partial charge is 0.197 e. The Morgan fingerprint density at radius 3 is 3.00 bits per heavy atom. The molecule has 1 aromatic carbocycles. The van der Waals surface area contributed by atoms with Gasteiger partial charge in [-0.2, -0.15) is 15.4 Å². The first-order valence-corrected chi connectivity index (χ1v) is 3.62. The van der Waals surface area contributed by atoms with E-state index in [9.17, 15) is 0 Å². The van der Waals surface area contributed by atoms with Crippen molar-refractivity contribution in [2.45, 2.75) is 6.92 Å². The first kappa shape index (κ1) is 6.61. The van der Waals surface area contributed by atoms with E-state index in [0.717, 1.165) is 16.6 Å². The Kier molecular flexibility index (Phi) is 1.32. The third-order valence-corrected chi connectivity index (χ3v) is 2.10. The highest BCUT2D eigenvalue weighted by Crippen LogP contribution is 2.22. The second-order valence-corrected chi connectivity index (χ2v) is 2.77. The lowest BCUT2D eigenvalue weighted by molar-refractivity contribution is 0.959. The molecule has 1 N–H and O–H groups in total. The molecule has 0 atom stereocenters. The van der Waals surface area contributed by atoms with Crippen molar-refractivity contribution in [3.8, 4) is 0 Å². The van der Waals surface area contributed by atoms with Gasteiger partial charge < -0.3 is 0 Å². The summed E-state index contributed by atoms with van der Waals surface area (Å²) in [6.07, 6.45) is 0. The summed E-state index contributed by atoms with van der Waals surface area (Å²) in [6.45, 7) is 1.94. The fourth-order valence-electron chi connectivity index (χ4n) is 0.981. The smallest absolute Gasteiger partial charge is 0.131 e. The Morgan fingerprint density at radius 1 is 1.36 bits per heavy atom. The Labute approximate surface area is 68.4 Å². The lowest BCUT2D eigenvalue weighted by Gasteiger charge is -1.94. The number of nitrogens with one attached hydrogen (secondary N) is 1. The summed E-state index contributed by atoms with van der Waals surface area (Å²) in [6, 6.07) is 3.81. The van der Waals surface area contributed by atoms with Crippen molar-refractivity contribution in [2.24, 2.45) is 0 Å². The molecule has 0 spiro atoms. The molecule has 0 bridgehead atoms. The van der Waals surface area contributed by atoms with E-state index in [2.05, 4.69) is 15.4 Å². The van der Waals surface area contributed by atoms with Crippen molar-refractivity contribution >= 4 is 22.6 Å². The van der Waals surface area contributed by atoms with Gasteiger partial charge in [0.25, 0.3) is 0 Å². The molecule has 1 heterocycles. The molecule has 0 aliphatic heterocycles. The van der Waals surface area contributed by atoms with Gasteiger partial charge in [-0.25, -0.2) is 0 Å². The molecule has 2 rings (SSSR count). The van der Waals surface area contributed by atoms with Gasteiger partial charge in [0.2, 0.25) is 0 Å². The second kappa shape index (κ2) is 2.20. The first-order chi connectivity index (χ1) is 5.29. The number of aryl methyl sites for hydroxylation is 1. The summed E-state index contributed by atoms with van der Waals surface area (Å²) >= 11 is 5.94. The lowest BCUT2D eigenvalue weighted by atomic mass is 10.2. The Bertz CT molecular complexity index is 393. The maximum Gasteiger partial charge on any atom is 0.131 e. The van der Waals surface area contributed by atoms with Gasteiger partial charge in [-0.1, -0.05) is 17.7 Å². The summed E-state index contributed by atoms with van der Waals surface area (Å²) in [5, 5.41) is 11.0. The molecule has 0 saturated heterocycles. The topological polar surface area (TPSA) is 41.6 Å². The quantitative estimate of drug-likeness (QED) is 0.652. The highest BCUT2D eigenvalue weighted by molar-refractivity contribution is 6.35. The maximum absolute atomic E-state index is 5.94. The van der Waals surface area contributed by atoms with Crippen LogP contribution < -0.4 is 0 Å². The second-order valence-electron chi connectivity index (χ2n) is 2.39. The van der Waals surface area contributed by atoms with Gasteiger partial charge in [-0.15, -0.1) is 0 Å². The van der Waals surface area contributed by atoms with Gasteiger partial charge in [-0.05, 0) is 18.6 Å². The number of H-pyrrole nitrogens is 1. The molecule has 0 unspecified atom stereocenters. The third kappa shape index (κ3) is 0.886. The van der Waals surface area contributed by atoms with Crippen LogP contribution in [0.1, 0.15) is 5.56 Å². The van der Waals surface area contributed by atoms with Crippen molar-refractivity contribution in [1.29, 1.82) is 0 Å². The molecule has 0 amide bonds. The summed E-state index contributed by atoms with van der Waals surface area (Å²) in [4.78, 5) is 0. The standard InChI is InChI=1S/C7H6ClN3/c1-4-2-3-5-7(6(4)8)10-11-9-5/h2-3H,1H3,(H,9,10,11). The average molecular weight is 168 g/mol. The van der Waals surface area contributed by atoms with E-state index in [1.54, 1.807) is 0 Å². The monoisotopic (exact) mass is 167 g/mol. The number of nitrogens with zero attached hydrogens (tertiary/aromatic N) is 2. The average Bonchev–Trinajstić information content (AvgIpc) is 2.45. The van der Waals surface area contributed by atoms with Crippen LogP contribution >= 0.6 is 11.6 Å². The third-order valence-electron chi connectivity index (χ3n) is 1.62. The van der Waals surface area contributed by atoms with Crippen LogP contribution in [0.25, 0.3) is 11.0 Å². The molecule has 2 aromatic rings. The van der Waals surface area contributed by atoms with Gasteiger partial charge in [0.1, 0.15) is 11.0 Å². The minimum atomic E-state index is 0.677. The van der Waals surface area contributed by atoms with Crippen LogP contribution in [-0.2, 0) is 0 Å². The van der Waals surface area contributed by atoms with E-state index in [-0.39, 0.29) is 0 Å². The number of benzene rings is 1. The van der Waals surface area contributed by atoms with Gasteiger partial charge in [0.05, 0.1) is 5.02 Å². The highest BCUT2D eigenvalue weighted by atomic mass is 35.5. The van der Waals surface area contributed by atoms with E-state index in [4.69, 9.17) is 11.6 Å². The SMILES string of the molecule is Cc1ccc2n[nH]nc2c1Cl. The molecule has 3 nitrogen and oxygen atoms in total. The Balaban J connectivity index is 2.93. The summed E-state index contributed by atoms with van der Waals surface area (Å²) in [7, 11) is 0. The zero-order valence-electron chi connectivity index (χ0n) is 5.93. The van der Waals surface area contributed by atoms with E-state index in [0.29, 0.717) is 5.02 Å². The van der Waals surface area contributed by atoms with Crippen LogP contribution in [0.3, 0.4) is 0 Å². The number of rotatable bonds is 0. The van der Waals surface area contributed by atoms with E-state index < -0.39 is 0 Å². The lowest BCUT2D eigenvalue weighted by Crippen LogP contribution is -1.76. The van der Waals surface area contributed by atoms with Gasteiger partial charge >= 0.3 is 0 Å². The fourth-order valence-corrected chi connectivity index (χ4v) is 1.18. The summed E-state index contributed by atoms with van der Waals surface area (Å²) in [5.74, 6) is 0. The fraction of sp³-hybridized carbons (Fsp3) is 0.143. The van der Waals surface area contributed by atoms with Crippen molar-refractivity contribution in [2.75, 3.05) is 0 Å². The van der Waals surface area contributed by atoms with Gasteiger partial charge in [0.15, 0.2) is 0 Å². The van der Waals surface area contributed by atoms with E-state index in [1.807, 2.05) is 19.1 Å². The maximum atomic E-state index is 5.94. The number of halogens is 1. The Morgan fingerprint density at radius 2 is 2.18 bits per heavy atom. The number of hydrogen-bond acceptors (Lipinski definition) is 2. The van der Waals surface area contributed by atoms with Crippen molar-refractivity contribution in [3.63, 3.8) is 0 Å². The van der Waals surface area contributed by atoms with E-state index >= 15 is 0 Å². The van der Waals surface area contributed by atoms with Crippen LogP contribution in [0.4, 0.5) is 0 Å². The minimum absolute atomic E-state index is 0.677. The van der Waals surface area contributed by atoms with Crippen LogP contribution in [0.15, 0.2) is 12.1 Å². The first-order valence-electron chi connectivity index (χ1n) is 3.24. The van der Waals surface area contributed by atoms with Gasteiger partial charge in [0, 0.05) is 0 Å². The van der Waals surface area contributed by atoms with Crippen LogP contribution in [0, 0.1) is 6.92 Å². The zero-order chi connectivity index (χ0) is 7.84. The number of hydrogen-bond donors (Lipinski definition) is 1. The number of aromatic nitrogens is 3. The molecule has 1 aromatic heterocycles. The Hall–Kier alpha value is -1.09. The molecule has 11 heavy (non-hydrogen) atoms. The number of aromatic amines is 1. The van der Waals surface area contributed by atoms with Crippen molar-refractivity contribution in [1.82, 2.24) is 15.4 Å². The van der Waals surface area contributed by atoms with Gasteiger partial charge in [-0.3, -0.25) is 0 Å². The molecule has 4 heteroatoms. The minimum Gasteiger partial charge on any atom is -0.197 e. The van der Waals surface area contributed by atoms with Crippen molar-refractivity contribution < 1.29 is 0 Å². The van der Waals surface area contributed by atoms with Crippen LogP contribution in [0.2, 0.25) is 5.02 Å². The predicted molar refractivity (Wildman–Crippen MR) is 43.6 cm³/mol. The number of fused-ring (bicyclic) bond motifs is 1. The van der Waals surface area contributed by atoms with Crippen molar-refractivity contribution in [3.05, 3.63) is 22.7 Å². The zero-order valence-corrected chi connectivity index (χ0v) is 6.68. The molecule has 56 valence electrons. The molecular formula is C7H6ClN3. The normalized spacial score (nSPS) is 10.7. The summed E-state index contributed by atoms with van der Waals surface area (Å²) < 4.78 is 0. The van der Waals surface area contributed by atoms with Crippen LogP contribution in [0.5, 0.6) is 0 Å².